The van der Waals surface area contributed by atoms with Gasteiger partial charge in [-0.15, -0.1) is 0 Å². The number of benzene rings is 1. The lowest BCUT2D eigenvalue weighted by atomic mass is 9.94. The molecule has 15 nitrogen and oxygen atoms in total. The van der Waals surface area contributed by atoms with Crippen molar-refractivity contribution in [2.75, 3.05) is 45.1 Å². The van der Waals surface area contributed by atoms with E-state index >= 15 is 0 Å². The van der Waals surface area contributed by atoms with Gasteiger partial charge in [0.05, 0.1) is 19.2 Å². The molecule has 5 rings (SSSR count). The van der Waals surface area contributed by atoms with E-state index in [1.807, 2.05) is 17.0 Å². The third kappa shape index (κ3) is 9.59. The van der Waals surface area contributed by atoms with Gasteiger partial charge in [0.15, 0.2) is 11.5 Å². The zero-order valence-electron chi connectivity index (χ0n) is 29.4. The predicted molar refractivity (Wildman–Crippen MR) is 191 cm³/mol. The molecule has 2 atom stereocenters. The summed E-state index contributed by atoms with van der Waals surface area (Å²) in [6.45, 7) is 5.63. The van der Waals surface area contributed by atoms with Crippen LogP contribution >= 0.6 is 0 Å². The maximum atomic E-state index is 13.6. The third-order valence-corrected chi connectivity index (χ3v) is 9.73. The Bertz CT molecular complexity index is 1600. The van der Waals surface area contributed by atoms with Crippen LogP contribution in [0.3, 0.4) is 0 Å². The molecular formula is C35H54N10O5. The number of H-pyrrole nitrogens is 1. The number of aromatic amines is 1. The molecule has 2 fully saturated rings. The van der Waals surface area contributed by atoms with E-state index in [0.29, 0.717) is 43.8 Å². The lowest BCUT2D eigenvalue weighted by Crippen LogP contribution is -2.51. The van der Waals surface area contributed by atoms with E-state index in [1.165, 1.54) is 11.0 Å². The number of nitrogens with one attached hydrogen (secondary N) is 1. The number of aromatic nitrogens is 4. The van der Waals surface area contributed by atoms with Gasteiger partial charge in [0.2, 0.25) is 5.91 Å². The zero-order valence-corrected chi connectivity index (χ0v) is 29.4. The average Bonchev–Trinajstić information content (AvgIpc) is 3.44. The van der Waals surface area contributed by atoms with Gasteiger partial charge in [-0.25, -0.2) is 15.7 Å². The molecule has 2 aliphatic rings. The van der Waals surface area contributed by atoms with E-state index in [4.69, 9.17) is 22.1 Å². The maximum Gasteiger partial charge on any atom is 0.328 e. The van der Waals surface area contributed by atoms with Gasteiger partial charge in [-0.3, -0.25) is 24.0 Å². The monoisotopic (exact) mass is 694 g/mol. The number of unbranched alkanes of at least 4 members (excludes halogenated alkanes) is 2. The van der Waals surface area contributed by atoms with E-state index in [2.05, 4.69) is 43.9 Å². The largest absolute Gasteiger partial charge is 0.463 e. The molecule has 1 aromatic carbocycles. The standard InChI is InChI=1S/C35H54N10O5/c1-2-3-21-49-34-40-31(37)30-32(41-34)44(35(48)39-30)23-26-15-13-25(14-16-26)22-27-11-5-9-19-43(27)33(47)28(36)12-6-10-20-45(29(46)24-50-38)42-17-7-4-8-18-42/h13-16,27-28H,2-12,17-24,36,38H2,1H3,(H,39,48)(H2,37,40,41)/t27-,28-/m0/s1. The summed E-state index contributed by atoms with van der Waals surface area (Å²) >= 11 is 0. The second kappa shape index (κ2) is 18.3. The molecule has 0 aliphatic carbocycles. The number of nitrogens with two attached hydrogens (primary N) is 3. The Kier molecular flexibility index (Phi) is 13.6. The highest BCUT2D eigenvalue weighted by molar-refractivity contribution is 5.82. The second-order valence-corrected chi connectivity index (χ2v) is 13.5. The number of hydrogen-bond acceptors (Lipinski definition) is 11. The molecule has 2 amide bonds. The first-order chi connectivity index (χ1) is 24.3. The zero-order chi connectivity index (χ0) is 35.5. The lowest BCUT2D eigenvalue weighted by molar-refractivity contribution is -0.156. The summed E-state index contributed by atoms with van der Waals surface area (Å²) in [4.78, 5) is 57.1. The summed E-state index contributed by atoms with van der Waals surface area (Å²) in [5, 5.41) is 3.85. The fraction of sp³-hybridized carbons (Fsp3) is 0.629. The summed E-state index contributed by atoms with van der Waals surface area (Å²) in [6.07, 6.45) is 10.8. The third-order valence-electron chi connectivity index (χ3n) is 9.73. The van der Waals surface area contributed by atoms with Crippen LogP contribution in [0, 0.1) is 0 Å². The number of carbonyl (C=O) groups is 2. The van der Waals surface area contributed by atoms with Crippen LogP contribution in [0.5, 0.6) is 6.01 Å². The molecule has 2 saturated heterocycles. The van der Waals surface area contributed by atoms with Gasteiger partial charge in [-0.1, -0.05) is 44.0 Å². The number of rotatable bonds is 17. The van der Waals surface area contributed by atoms with Crippen molar-refractivity contribution < 1.29 is 19.2 Å². The number of imidazole rings is 1. The van der Waals surface area contributed by atoms with Crippen LogP contribution in [0.4, 0.5) is 5.82 Å². The van der Waals surface area contributed by atoms with E-state index in [1.54, 1.807) is 5.01 Å². The van der Waals surface area contributed by atoms with Crippen LogP contribution < -0.4 is 27.8 Å². The summed E-state index contributed by atoms with van der Waals surface area (Å²) in [5.74, 6) is 5.20. The van der Waals surface area contributed by atoms with Crippen molar-refractivity contribution in [3.63, 3.8) is 0 Å². The quantitative estimate of drug-likeness (QED) is 0.119. The Hall–Kier alpha value is -4.05. The van der Waals surface area contributed by atoms with Crippen LogP contribution in [-0.4, -0.2) is 97.7 Å². The molecule has 0 spiro atoms. The molecule has 15 heteroatoms. The Morgan fingerprint density at radius 2 is 1.76 bits per heavy atom. The van der Waals surface area contributed by atoms with E-state index in [9.17, 15) is 14.4 Å². The first kappa shape index (κ1) is 37.2. The van der Waals surface area contributed by atoms with E-state index in [-0.39, 0.29) is 42.0 Å². The summed E-state index contributed by atoms with van der Waals surface area (Å²) in [5.41, 5.74) is 15.1. The van der Waals surface area contributed by atoms with E-state index in [0.717, 1.165) is 88.4 Å². The molecule has 3 aromatic rings. The number of ether oxygens (including phenoxy) is 1. The van der Waals surface area contributed by atoms with Crippen LogP contribution in [-0.2, 0) is 27.4 Å². The number of amides is 2. The SMILES string of the molecule is CCCCOc1nc(N)c2[nH]c(=O)n(Cc3ccc(C[C@@H]4CCCCN4C(=O)[C@@H](N)CCCCN(C(=O)CON)N4CCCCC4)cc3)c2n1. The molecule has 0 saturated carbocycles. The van der Waals surface area contributed by atoms with Crippen molar-refractivity contribution in [1.29, 1.82) is 0 Å². The van der Waals surface area contributed by atoms with Crippen LogP contribution in [0.1, 0.15) is 88.7 Å². The normalized spacial score (nSPS) is 17.6. The molecule has 2 aliphatic heterocycles. The number of likely N-dealkylation sites (tertiary alicyclic amines) is 1. The number of hydrazine groups is 1. The summed E-state index contributed by atoms with van der Waals surface area (Å²) < 4.78 is 7.20. The molecule has 0 bridgehead atoms. The average molecular weight is 695 g/mol. The smallest absolute Gasteiger partial charge is 0.328 e. The first-order valence-electron chi connectivity index (χ1n) is 18.2. The minimum absolute atomic E-state index is 0.00941. The van der Waals surface area contributed by atoms with Gasteiger partial charge in [0.25, 0.3) is 5.91 Å². The van der Waals surface area contributed by atoms with Crippen molar-refractivity contribution >= 4 is 28.8 Å². The number of fused-ring (bicyclic) bond motifs is 1. The number of nitrogens with zero attached hydrogens (tertiary/aromatic N) is 6. The molecule has 0 radical (unpaired) electrons. The molecular weight excluding hydrogens is 640 g/mol. The van der Waals surface area contributed by atoms with Crippen molar-refractivity contribution in [3.05, 3.63) is 45.9 Å². The van der Waals surface area contributed by atoms with Crippen molar-refractivity contribution in [2.24, 2.45) is 11.6 Å². The summed E-state index contributed by atoms with van der Waals surface area (Å²) in [6, 6.07) is 7.75. The van der Waals surface area contributed by atoms with Gasteiger partial charge in [0, 0.05) is 32.2 Å². The molecule has 7 N–H and O–H groups in total. The van der Waals surface area contributed by atoms with Crippen molar-refractivity contribution in [1.82, 2.24) is 34.4 Å². The fourth-order valence-electron chi connectivity index (χ4n) is 6.94. The highest BCUT2D eigenvalue weighted by atomic mass is 16.6. The second-order valence-electron chi connectivity index (χ2n) is 13.5. The minimum atomic E-state index is -0.589. The first-order valence-corrected chi connectivity index (χ1v) is 18.2. The van der Waals surface area contributed by atoms with Gasteiger partial charge in [-0.05, 0) is 75.3 Å². The van der Waals surface area contributed by atoms with Crippen LogP contribution in [0.2, 0.25) is 0 Å². The van der Waals surface area contributed by atoms with Crippen molar-refractivity contribution in [2.45, 2.75) is 103 Å². The highest BCUT2D eigenvalue weighted by Gasteiger charge is 2.30. The van der Waals surface area contributed by atoms with E-state index < -0.39 is 6.04 Å². The maximum absolute atomic E-state index is 13.6. The fourth-order valence-corrected chi connectivity index (χ4v) is 6.94. The number of hydrogen-bond donors (Lipinski definition) is 4. The Balaban J connectivity index is 1.15. The van der Waals surface area contributed by atoms with Gasteiger partial charge in [-0.2, -0.15) is 9.97 Å². The highest BCUT2D eigenvalue weighted by Crippen LogP contribution is 2.24. The van der Waals surface area contributed by atoms with Gasteiger partial charge in [0.1, 0.15) is 12.1 Å². The molecule has 2 aromatic heterocycles. The molecule has 274 valence electrons. The van der Waals surface area contributed by atoms with Crippen LogP contribution in [0.15, 0.2) is 29.1 Å². The van der Waals surface area contributed by atoms with Crippen LogP contribution in [0.25, 0.3) is 11.2 Å². The number of carbonyl (C=O) groups excluding carboxylic acids is 2. The Morgan fingerprint density at radius 3 is 2.50 bits per heavy atom. The number of piperidine rings is 2. The predicted octanol–water partition coefficient (Wildman–Crippen LogP) is 2.47. The number of anilines is 1. The topological polar surface area (TPSA) is 204 Å². The molecule has 4 heterocycles. The van der Waals surface area contributed by atoms with Crippen molar-refractivity contribution in [3.8, 4) is 6.01 Å². The molecule has 50 heavy (non-hydrogen) atoms. The Labute approximate surface area is 293 Å². The molecule has 0 unspecified atom stereocenters. The van der Waals surface area contributed by atoms with Gasteiger partial charge < -0.3 is 26.1 Å². The lowest BCUT2D eigenvalue weighted by Gasteiger charge is -2.38. The Morgan fingerprint density at radius 1 is 1.02 bits per heavy atom. The summed E-state index contributed by atoms with van der Waals surface area (Å²) in [7, 11) is 0. The van der Waals surface area contributed by atoms with Gasteiger partial charge >= 0.3 is 11.7 Å². The minimum Gasteiger partial charge on any atom is -0.463 e. The number of nitrogen functional groups attached to an aromatic ring is 1.